The van der Waals surface area contributed by atoms with E-state index in [0.29, 0.717) is 0 Å². The molecule has 0 radical (unpaired) electrons. The maximum absolute atomic E-state index is 13.2. The van der Waals surface area contributed by atoms with Gasteiger partial charge in [-0.05, 0) is 49.4 Å². The minimum absolute atomic E-state index is 0.0178. The first-order valence-corrected chi connectivity index (χ1v) is 8.04. The van der Waals surface area contributed by atoms with E-state index in [1.165, 1.54) is 13.8 Å². The van der Waals surface area contributed by atoms with Crippen LogP contribution in [0, 0.1) is 25.6 Å². The van der Waals surface area contributed by atoms with Crippen LogP contribution in [0.1, 0.15) is 31.4 Å². The standard InChI is InChI=1S/C14H20FNO4S/c1-8(2)5-12(14(17)18)16-21(19,20)13-9(3)6-11(15)7-10(13)4/h6-8,12,16H,5H2,1-4H3,(H,17,18)/t12-/m0/s1. The number of carboxylic acid groups (broad SMARTS) is 1. The Hall–Kier alpha value is -1.47. The first-order chi connectivity index (χ1) is 9.54. The highest BCUT2D eigenvalue weighted by atomic mass is 32.2. The number of hydrogen-bond acceptors (Lipinski definition) is 3. The van der Waals surface area contributed by atoms with Gasteiger partial charge >= 0.3 is 5.97 Å². The number of hydrogen-bond donors (Lipinski definition) is 2. The van der Waals surface area contributed by atoms with E-state index in [9.17, 15) is 17.6 Å². The fourth-order valence-electron chi connectivity index (χ4n) is 2.24. The number of carboxylic acids is 1. The maximum Gasteiger partial charge on any atom is 0.321 e. The summed E-state index contributed by atoms with van der Waals surface area (Å²) < 4.78 is 40.2. The molecule has 0 saturated heterocycles. The Morgan fingerprint density at radius 1 is 1.29 bits per heavy atom. The molecule has 2 N–H and O–H groups in total. The predicted molar refractivity (Wildman–Crippen MR) is 77.1 cm³/mol. The van der Waals surface area contributed by atoms with Gasteiger partial charge in [0.15, 0.2) is 0 Å². The Morgan fingerprint density at radius 3 is 2.14 bits per heavy atom. The van der Waals surface area contributed by atoms with E-state index in [4.69, 9.17) is 5.11 Å². The number of benzene rings is 1. The average molecular weight is 317 g/mol. The Bertz CT molecular complexity index is 617. The molecule has 0 aromatic heterocycles. The summed E-state index contributed by atoms with van der Waals surface area (Å²) in [6, 6.07) is 1.01. The van der Waals surface area contributed by atoms with Gasteiger partial charge in [0.25, 0.3) is 0 Å². The molecule has 0 heterocycles. The molecule has 0 amide bonds. The zero-order valence-electron chi connectivity index (χ0n) is 12.5. The summed E-state index contributed by atoms with van der Waals surface area (Å²) in [7, 11) is -4.03. The largest absolute Gasteiger partial charge is 0.480 e. The van der Waals surface area contributed by atoms with E-state index in [-0.39, 0.29) is 28.4 Å². The highest BCUT2D eigenvalue weighted by molar-refractivity contribution is 7.89. The number of sulfonamides is 1. The normalized spacial score (nSPS) is 13.4. The van der Waals surface area contributed by atoms with Gasteiger partial charge in [0.05, 0.1) is 4.90 Å². The third-order valence-corrected chi connectivity index (χ3v) is 4.77. The third-order valence-electron chi connectivity index (χ3n) is 3.00. The first kappa shape index (κ1) is 17.6. The van der Waals surface area contributed by atoms with E-state index in [1.807, 2.05) is 0 Å². The lowest BCUT2D eigenvalue weighted by Crippen LogP contribution is -2.42. The molecular formula is C14H20FNO4S. The average Bonchev–Trinajstić information content (AvgIpc) is 2.24. The predicted octanol–water partition coefficient (Wildman–Crippen LogP) is 2.22. The van der Waals surface area contributed by atoms with E-state index in [2.05, 4.69) is 4.72 Å². The molecule has 0 unspecified atom stereocenters. The highest BCUT2D eigenvalue weighted by Gasteiger charge is 2.28. The minimum atomic E-state index is -4.03. The second-order valence-corrected chi connectivity index (χ2v) is 7.16. The fourth-order valence-corrected chi connectivity index (χ4v) is 3.89. The van der Waals surface area contributed by atoms with E-state index in [0.717, 1.165) is 12.1 Å². The number of carbonyl (C=O) groups is 1. The minimum Gasteiger partial charge on any atom is -0.480 e. The smallest absolute Gasteiger partial charge is 0.321 e. The van der Waals surface area contributed by atoms with Crippen LogP contribution >= 0.6 is 0 Å². The van der Waals surface area contributed by atoms with Crippen molar-refractivity contribution in [2.24, 2.45) is 5.92 Å². The monoisotopic (exact) mass is 317 g/mol. The third kappa shape index (κ3) is 4.50. The zero-order chi connectivity index (χ0) is 16.4. The van der Waals surface area contributed by atoms with Crippen molar-refractivity contribution in [2.45, 2.75) is 45.1 Å². The maximum atomic E-state index is 13.2. The van der Waals surface area contributed by atoms with Crippen molar-refractivity contribution in [3.63, 3.8) is 0 Å². The zero-order valence-corrected chi connectivity index (χ0v) is 13.3. The molecule has 0 spiro atoms. The number of aryl methyl sites for hydroxylation is 2. The summed E-state index contributed by atoms with van der Waals surface area (Å²) in [5.41, 5.74) is 0.488. The van der Waals surface area contributed by atoms with Crippen LogP contribution in [0.5, 0.6) is 0 Å². The molecule has 0 bridgehead atoms. The van der Waals surface area contributed by atoms with Gasteiger partial charge in [-0.3, -0.25) is 4.79 Å². The van der Waals surface area contributed by atoms with Crippen LogP contribution in [0.25, 0.3) is 0 Å². The molecule has 1 atom stereocenters. The van der Waals surface area contributed by atoms with Gasteiger partial charge in [0.2, 0.25) is 10.0 Å². The molecule has 0 fully saturated rings. The van der Waals surface area contributed by atoms with Crippen LogP contribution in [0.2, 0.25) is 0 Å². The first-order valence-electron chi connectivity index (χ1n) is 6.56. The quantitative estimate of drug-likeness (QED) is 0.842. The molecule has 1 aromatic rings. The van der Waals surface area contributed by atoms with Crippen LogP contribution in [0.15, 0.2) is 17.0 Å². The van der Waals surface area contributed by atoms with E-state index < -0.39 is 27.9 Å². The van der Waals surface area contributed by atoms with Crippen molar-refractivity contribution in [1.82, 2.24) is 4.72 Å². The van der Waals surface area contributed by atoms with Gasteiger partial charge in [-0.2, -0.15) is 4.72 Å². The summed E-state index contributed by atoms with van der Waals surface area (Å²) in [4.78, 5) is 11.1. The van der Waals surface area contributed by atoms with Crippen molar-refractivity contribution < 1.29 is 22.7 Å². The lowest BCUT2D eigenvalue weighted by atomic mass is 10.1. The van der Waals surface area contributed by atoms with Crippen LogP contribution in [0.3, 0.4) is 0 Å². The summed E-state index contributed by atoms with van der Waals surface area (Å²) in [5, 5.41) is 9.13. The molecular weight excluding hydrogens is 297 g/mol. The molecule has 0 saturated carbocycles. The van der Waals surface area contributed by atoms with Crippen molar-refractivity contribution in [3.05, 3.63) is 29.1 Å². The highest BCUT2D eigenvalue weighted by Crippen LogP contribution is 2.22. The molecule has 1 aromatic carbocycles. The second kappa shape index (κ2) is 6.53. The van der Waals surface area contributed by atoms with Gasteiger partial charge in [0.1, 0.15) is 11.9 Å². The Kier molecular flexibility index (Phi) is 5.47. The van der Waals surface area contributed by atoms with Crippen LogP contribution in [0.4, 0.5) is 4.39 Å². The van der Waals surface area contributed by atoms with Crippen molar-refractivity contribution in [2.75, 3.05) is 0 Å². The number of aliphatic carboxylic acids is 1. The van der Waals surface area contributed by atoms with Crippen molar-refractivity contribution in [3.8, 4) is 0 Å². The summed E-state index contributed by atoms with van der Waals surface area (Å²) in [6.45, 7) is 6.56. The second-order valence-electron chi connectivity index (χ2n) is 5.51. The van der Waals surface area contributed by atoms with Gasteiger partial charge < -0.3 is 5.11 Å². The Balaban J connectivity index is 3.20. The van der Waals surface area contributed by atoms with Crippen molar-refractivity contribution >= 4 is 16.0 Å². The molecule has 21 heavy (non-hydrogen) atoms. The molecule has 5 nitrogen and oxygen atoms in total. The van der Waals surface area contributed by atoms with Crippen LogP contribution in [-0.4, -0.2) is 25.5 Å². The number of halogens is 1. The lowest BCUT2D eigenvalue weighted by molar-refractivity contribution is -0.139. The SMILES string of the molecule is Cc1cc(F)cc(C)c1S(=O)(=O)N[C@@H](CC(C)C)C(=O)O. The van der Waals surface area contributed by atoms with Gasteiger partial charge in [-0.25, -0.2) is 12.8 Å². The molecule has 0 aliphatic heterocycles. The van der Waals surface area contributed by atoms with Gasteiger partial charge in [-0.1, -0.05) is 13.8 Å². The Morgan fingerprint density at radius 2 is 1.76 bits per heavy atom. The summed E-state index contributed by atoms with van der Waals surface area (Å²) >= 11 is 0. The number of nitrogens with one attached hydrogen (secondary N) is 1. The van der Waals surface area contributed by atoms with E-state index in [1.54, 1.807) is 13.8 Å². The fraction of sp³-hybridized carbons (Fsp3) is 0.500. The number of rotatable bonds is 6. The summed E-state index contributed by atoms with van der Waals surface area (Å²) in [5.74, 6) is -1.74. The van der Waals surface area contributed by atoms with Gasteiger partial charge in [-0.15, -0.1) is 0 Å². The molecule has 118 valence electrons. The molecule has 7 heteroatoms. The molecule has 0 aliphatic rings. The van der Waals surface area contributed by atoms with Gasteiger partial charge in [0, 0.05) is 0 Å². The molecule has 0 aliphatic carbocycles. The van der Waals surface area contributed by atoms with Crippen molar-refractivity contribution in [1.29, 1.82) is 0 Å². The lowest BCUT2D eigenvalue weighted by Gasteiger charge is -2.18. The Labute approximate surface area is 124 Å². The molecule has 1 rings (SSSR count). The topological polar surface area (TPSA) is 83.5 Å². The van der Waals surface area contributed by atoms with Crippen LogP contribution < -0.4 is 4.72 Å². The van der Waals surface area contributed by atoms with Crippen LogP contribution in [-0.2, 0) is 14.8 Å². The summed E-state index contributed by atoms with van der Waals surface area (Å²) in [6.07, 6.45) is 0.174. The van der Waals surface area contributed by atoms with E-state index >= 15 is 0 Å².